The normalized spacial score (nSPS) is 17.9. The zero-order chi connectivity index (χ0) is 16.8. The topological polar surface area (TPSA) is 75.4 Å². The molecule has 3 N–H and O–H groups in total. The number of hydrogen-bond donors (Lipinski definition) is 2. The maximum Gasteiger partial charge on any atom is 0.244 e. The number of nitrogens with two attached hydrogens (primary N) is 1. The Hall–Kier alpha value is -1.10. The van der Waals surface area contributed by atoms with Gasteiger partial charge in [0.05, 0.1) is 0 Å². The van der Waals surface area contributed by atoms with Crippen LogP contribution in [0.2, 0.25) is 0 Å². The fraction of sp³-hybridized carbons (Fsp3) is 0.882. The number of likely N-dealkylation sites (N-methyl/N-ethyl adjacent to an activating group) is 1. The molecular formula is C17H33N3O2. The predicted octanol–water partition coefficient (Wildman–Crippen LogP) is 1.90. The molecule has 1 atom stereocenters. The van der Waals surface area contributed by atoms with E-state index in [4.69, 9.17) is 5.73 Å². The molecule has 1 rings (SSSR count). The quantitative estimate of drug-likeness (QED) is 0.754. The predicted molar refractivity (Wildman–Crippen MR) is 89.3 cm³/mol. The first kappa shape index (κ1) is 18.9. The molecule has 0 aromatic carbocycles. The van der Waals surface area contributed by atoms with Crippen molar-refractivity contribution in [2.45, 2.75) is 65.3 Å². The molecule has 22 heavy (non-hydrogen) atoms. The second kappa shape index (κ2) is 8.51. The molecule has 0 saturated heterocycles. The van der Waals surface area contributed by atoms with Crippen LogP contribution in [0.15, 0.2) is 0 Å². The minimum Gasteiger partial charge on any atom is -0.345 e. The lowest BCUT2D eigenvalue weighted by Gasteiger charge is -2.31. The van der Waals surface area contributed by atoms with E-state index >= 15 is 0 Å². The molecule has 0 aromatic heterocycles. The first-order valence-electron chi connectivity index (χ1n) is 8.49. The molecule has 0 radical (unpaired) electrons. The van der Waals surface area contributed by atoms with Crippen LogP contribution in [0.3, 0.4) is 0 Å². The second-order valence-corrected chi connectivity index (χ2v) is 7.56. The Kier molecular flexibility index (Phi) is 7.33. The smallest absolute Gasteiger partial charge is 0.244 e. The highest BCUT2D eigenvalue weighted by Crippen LogP contribution is 2.26. The van der Waals surface area contributed by atoms with Gasteiger partial charge in [-0.05, 0) is 37.6 Å². The maximum atomic E-state index is 12.3. The van der Waals surface area contributed by atoms with E-state index < -0.39 is 6.04 Å². The fourth-order valence-corrected chi connectivity index (χ4v) is 3.13. The molecular weight excluding hydrogens is 278 g/mol. The Balaban J connectivity index is 2.40. The summed E-state index contributed by atoms with van der Waals surface area (Å²) in [6.45, 7) is 6.93. The highest BCUT2D eigenvalue weighted by molar-refractivity contribution is 5.87. The molecule has 5 heteroatoms. The zero-order valence-corrected chi connectivity index (χ0v) is 14.7. The van der Waals surface area contributed by atoms with Gasteiger partial charge < -0.3 is 16.0 Å². The molecule has 0 aliphatic heterocycles. The summed E-state index contributed by atoms with van der Waals surface area (Å²) >= 11 is 0. The van der Waals surface area contributed by atoms with Gasteiger partial charge in [-0.3, -0.25) is 9.59 Å². The number of nitrogens with zero attached hydrogens (tertiary/aromatic N) is 1. The van der Waals surface area contributed by atoms with E-state index in [1.165, 1.54) is 19.3 Å². The third-order valence-corrected chi connectivity index (χ3v) is 4.54. The molecule has 0 heterocycles. The lowest BCUT2D eigenvalue weighted by atomic mass is 9.87. The highest BCUT2D eigenvalue weighted by atomic mass is 16.2. The van der Waals surface area contributed by atoms with Crippen molar-refractivity contribution in [1.82, 2.24) is 10.2 Å². The summed E-state index contributed by atoms with van der Waals surface area (Å²) in [5.74, 6) is 0.433. The number of nitrogens with one attached hydrogen (secondary N) is 1. The van der Waals surface area contributed by atoms with Crippen molar-refractivity contribution in [2.24, 2.45) is 17.1 Å². The molecule has 2 amide bonds. The summed E-state index contributed by atoms with van der Waals surface area (Å²) in [6.07, 6.45) is 6.57. The first-order valence-corrected chi connectivity index (χ1v) is 8.49. The molecule has 1 aliphatic rings. The van der Waals surface area contributed by atoms with Crippen LogP contribution in [0, 0.1) is 11.3 Å². The van der Waals surface area contributed by atoms with Gasteiger partial charge in [0.15, 0.2) is 0 Å². The molecule has 0 spiro atoms. The monoisotopic (exact) mass is 311 g/mol. The SMILES string of the molecule is CC(NC(=O)CC1CCCCC1)C(=O)N(C)CC(C)(C)CN. The van der Waals surface area contributed by atoms with Gasteiger partial charge >= 0.3 is 0 Å². The van der Waals surface area contributed by atoms with E-state index in [9.17, 15) is 9.59 Å². The number of rotatable bonds is 7. The van der Waals surface area contributed by atoms with Crippen molar-refractivity contribution >= 4 is 11.8 Å². The van der Waals surface area contributed by atoms with Crippen LogP contribution < -0.4 is 11.1 Å². The van der Waals surface area contributed by atoms with Crippen LogP contribution in [0.25, 0.3) is 0 Å². The molecule has 0 aromatic rings. The Morgan fingerprint density at radius 2 is 1.86 bits per heavy atom. The van der Waals surface area contributed by atoms with E-state index in [-0.39, 0.29) is 17.2 Å². The third-order valence-electron chi connectivity index (χ3n) is 4.54. The average Bonchev–Trinajstić information content (AvgIpc) is 2.46. The molecule has 5 nitrogen and oxygen atoms in total. The summed E-state index contributed by atoms with van der Waals surface area (Å²) < 4.78 is 0. The van der Waals surface area contributed by atoms with Crippen molar-refractivity contribution in [2.75, 3.05) is 20.1 Å². The van der Waals surface area contributed by atoms with Gasteiger partial charge in [0.25, 0.3) is 0 Å². The van der Waals surface area contributed by atoms with Crippen molar-refractivity contribution in [1.29, 1.82) is 0 Å². The van der Waals surface area contributed by atoms with Crippen molar-refractivity contribution in [3.63, 3.8) is 0 Å². The van der Waals surface area contributed by atoms with E-state index in [0.717, 1.165) is 12.8 Å². The van der Waals surface area contributed by atoms with Crippen LogP contribution in [0.1, 0.15) is 59.3 Å². The van der Waals surface area contributed by atoms with E-state index in [1.54, 1.807) is 18.9 Å². The lowest BCUT2D eigenvalue weighted by Crippen LogP contribution is -2.49. The third kappa shape index (κ3) is 6.34. The largest absolute Gasteiger partial charge is 0.345 e. The van der Waals surface area contributed by atoms with Gasteiger partial charge in [0.2, 0.25) is 11.8 Å². The average molecular weight is 311 g/mol. The molecule has 1 aliphatic carbocycles. The highest BCUT2D eigenvalue weighted by Gasteiger charge is 2.26. The van der Waals surface area contributed by atoms with Crippen LogP contribution in [-0.2, 0) is 9.59 Å². The Morgan fingerprint density at radius 3 is 2.41 bits per heavy atom. The molecule has 1 unspecified atom stereocenters. The van der Waals surface area contributed by atoms with Crippen LogP contribution in [0.4, 0.5) is 0 Å². The van der Waals surface area contributed by atoms with Crippen molar-refractivity contribution in [3.05, 3.63) is 0 Å². The van der Waals surface area contributed by atoms with E-state index in [1.807, 2.05) is 13.8 Å². The first-order chi connectivity index (χ1) is 10.2. The van der Waals surface area contributed by atoms with Crippen molar-refractivity contribution in [3.8, 4) is 0 Å². The zero-order valence-electron chi connectivity index (χ0n) is 14.7. The summed E-state index contributed by atoms with van der Waals surface area (Å²) in [7, 11) is 1.77. The van der Waals surface area contributed by atoms with Gasteiger partial charge in [0.1, 0.15) is 6.04 Å². The fourth-order valence-electron chi connectivity index (χ4n) is 3.13. The number of carbonyl (C=O) groups excluding carboxylic acids is 2. The summed E-state index contributed by atoms with van der Waals surface area (Å²) in [4.78, 5) is 26.1. The Bertz CT molecular complexity index is 376. The van der Waals surface area contributed by atoms with Gasteiger partial charge in [-0.1, -0.05) is 33.1 Å². The van der Waals surface area contributed by atoms with Crippen molar-refractivity contribution < 1.29 is 9.59 Å². The number of hydrogen-bond acceptors (Lipinski definition) is 3. The minimum absolute atomic E-state index is 0.000708. The van der Waals surface area contributed by atoms with Gasteiger partial charge in [-0.2, -0.15) is 0 Å². The Labute approximate surface area is 135 Å². The van der Waals surface area contributed by atoms with Crippen LogP contribution >= 0.6 is 0 Å². The van der Waals surface area contributed by atoms with Crippen LogP contribution in [0.5, 0.6) is 0 Å². The van der Waals surface area contributed by atoms with E-state index in [2.05, 4.69) is 5.32 Å². The molecule has 0 bridgehead atoms. The maximum absolute atomic E-state index is 12.3. The van der Waals surface area contributed by atoms with Gasteiger partial charge in [0, 0.05) is 20.0 Å². The second-order valence-electron chi connectivity index (χ2n) is 7.56. The number of carbonyl (C=O) groups is 2. The Morgan fingerprint density at radius 1 is 1.27 bits per heavy atom. The van der Waals surface area contributed by atoms with Crippen LogP contribution in [-0.4, -0.2) is 42.9 Å². The minimum atomic E-state index is -0.477. The van der Waals surface area contributed by atoms with E-state index in [0.29, 0.717) is 25.4 Å². The standard InChI is InChI=1S/C17H33N3O2/c1-13(16(22)20(4)12-17(2,3)11-18)19-15(21)10-14-8-6-5-7-9-14/h13-14H,5-12,18H2,1-4H3,(H,19,21). The molecule has 1 fully saturated rings. The van der Waals surface area contributed by atoms with Gasteiger partial charge in [-0.15, -0.1) is 0 Å². The lowest BCUT2D eigenvalue weighted by molar-refractivity contribution is -0.136. The summed E-state index contributed by atoms with van der Waals surface area (Å²) in [6, 6.07) is -0.477. The summed E-state index contributed by atoms with van der Waals surface area (Å²) in [5.41, 5.74) is 5.59. The molecule has 128 valence electrons. The molecule has 1 saturated carbocycles. The van der Waals surface area contributed by atoms with Gasteiger partial charge in [-0.25, -0.2) is 0 Å². The summed E-state index contributed by atoms with van der Waals surface area (Å²) in [5, 5.41) is 2.85. The number of amides is 2.